The van der Waals surface area contributed by atoms with Crippen molar-refractivity contribution in [2.24, 2.45) is 0 Å². The lowest BCUT2D eigenvalue weighted by Gasteiger charge is -2.27. The van der Waals surface area contributed by atoms with Crippen molar-refractivity contribution < 1.29 is 4.79 Å². The van der Waals surface area contributed by atoms with Crippen LogP contribution in [0.2, 0.25) is 0 Å². The number of anilines is 2. The highest BCUT2D eigenvalue weighted by atomic mass is 32.1. The number of thiazole rings is 1. The standard InChI is InChI=1S/C11H20N4OS/c1-5-11(3,6-2)15-9(16)7-8(12)14-10(13-4)17-7/h5-6,12H2,1-4H3,(H,13,14)(H,15,16). The van der Waals surface area contributed by atoms with Gasteiger partial charge in [-0.05, 0) is 19.8 Å². The van der Waals surface area contributed by atoms with E-state index in [0.29, 0.717) is 10.0 Å². The second-order valence-corrected chi connectivity index (χ2v) is 5.20. The Morgan fingerprint density at radius 3 is 2.47 bits per heavy atom. The summed E-state index contributed by atoms with van der Waals surface area (Å²) in [6, 6.07) is 0. The lowest BCUT2D eigenvalue weighted by molar-refractivity contribution is 0.0906. The van der Waals surface area contributed by atoms with E-state index in [4.69, 9.17) is 5.73 Å². The van der Waals surface area contributed by atoms with Crippen molar-refractivity contribution in [3.05, 3.63) is 4.88 Å². The van der Waals surface area contributed by atoms with E-state index in [1.165, 1.54) is 11.3 Å². The Bertz CT molecular complexity index is 398. The molecule has 4 N–H and O–H groups in total. The predicted molar refractivity (Wildman–Crippen MR) is 72.5 cm³/mol. The van der Waals surface area contributed by atoms with Gasteiger partial charge in [0.25, 0.3) is 5.91 Å². The molecule has 0 saturated heterocycles. The molecule has 1 aromatic heterocycles. The van der Waals surface area contributed by atoms with Gasteiger partial charge in [0.15, 0.2) is 5.13 Å². The van der Waals surface area contributed by atoms with Gasteiger partial charge in [-0.2, -0.15) is 0 Å². The first-order valence-electron chi connectivity index (χ1n) is 5.72. The number of amides is 1. The number of nitrogens with zero attached hydrogens (tertiary/aromatic N) is 1. The molecule has 0 aliphatic carbocycles. The van der Waals surface area contributed by atoms with Crippen LogP contribution in [0.3, 0.4) is 0 Å². The van der Waals surface area contributed by atoms with Gasteiger partial charge in [-0.3, -0.25) is 4.79 Å². The molecule has 0 aliphatic rings. The van der Waals surface area contributed by atoms with E-state index in [2.05, 4.69) is 29.5 Å². The van der Waals surface area contributed by atoms with Crippen LogP contribution < -0.4 is 16.4 Å². The Hall–Kier alpha value is -1.30. The summed E-state index contributed by atoms with van der Waals surface area (Å²) in [5.41, 5.74) is 5.53. The number of hydrogen-bond donors (Lipinski definition) is 3. The number of aromatic nitrogens is 1. The number of carbonyl (C=O) groups excluding carboxylic acids is 1. The highest BCUT2D eigenvalue weighted by Crippen LogP contribution is 2.25. The maximum absolute atomic E-state index is 12.1. The van der Waals surface area contributed by atoms with Gasteiger partial charge in [0.1, 0.15) is 10.7 Å². The molecule has 0 fully saturated rings. The van der Waals surface area contributed by atoms with E-state index in [1.54, 1.807) is 7.05 Å². The third kappa shape index (κ3) is 3.09. The molecule has 96 valence electrons. The smallest absolute Gasteiger partial charge is 0.265 e. The second-order valence-electron chi connectivity index (χ2n) is 4.21. The van der Waals surface area contributed by atoms with Crippen LogP contribution >= 0.6 is 11.3 Å². The number of nitrogens with one attached hydrogen (secondary N) is 2. The molecule has 0 saturated carbocycles. The van der Waals surface area contributed by atoms with Crippen molar-refractivity contribution in [1.82, 2.24) is 10.3 Å². The van der Waals surface area contributed by atoms with Crippen molar-refractivity contribution in [3.8, 4) is 0 Å². The summed E-state index contributed by atoms with van der Waals surface area (Å²) in [6.07, 6.45) is 1.76. The monoisotopic (exact) mass is 256 g/mol. The van der Waals surface area contributed by atoms with E-state index in [9.17, 15) is 4.79 Å². The Kier molecular flexibility index (Phi) is 4.34. The van der Waals surface area contributed by atoms with Crippen LogP contribution in [0.15, 0.2) is 0 Å². The molecule has 1 amide bonds. The van der Waals surface area contributed by atoms with E-state index in [-0.39, 0.29) is 17.3 Å². The fourth-order valence-corrected chi connectivity index (χ4v) is 2.09. The average Bonchev–Trinajstić information content (AvgIpc) is 2.70. The molecule has 0 radical (unpaired) electrons. The zero-order valence-corrected chi connectivity index (χ0v) is 11.6. The van der Waals surface area contributed by atoms with Crippen LogP contribution in [0.1, 0.15) is 43.3 Å². The van der Waals surface area contributed by atoms with Gasteiger partial charge in [-0.25, -0.2) is 4.98 Å². The van der Waals surface area contributed by atoms with Crippen LogP contribution in [0.25, 0.3) is 0 Å². The third-order valence-corrected chi connectivity index (χ3v) is 4.14. The zero-order valence-electron chi connectivity index (χ0n) is 10.8. The zero-order chi connectivity index (χ0) is 13.1. The van der Waals surface area contributed by atoms with E-state index in [1.807, 2.05) is 6.92 Å². The minimum absolute atomic E-state index is 0.146. The van der Waals surface area contributed by atoms with Crippen molar-refractivity contribution in [2.45, 2.75) is 39.2 Å². The van der Waals surface area contributed by atoms with Crippen molar-refractivity contribution in [1.29, 1.82) is 0 Å². The summed E-state index contributed by atoms with van der Waals surface area (Å²) >= 11 is 1.27. The largest absolute Gasteiger partial charge is 0.382 e. The Balaban J connectivity index is 2.86. The van der Waals surface area contributed by atoms with Crippen molar-refractivity contribution in [3.63, 3.8) is 0 Å². The van der Waals surface area contributed by atoms with E-state index in [0.717, 1.165) is 12.8 Å². The van der Waals surface area contributed by atoms with Gasteiger partial charge in [0, 0.05) is 12.6 Å². The molecule has 0 bridgehead atoms. The summed E-state index contributed by atoms with van der Waals surface area (Å²) in [4.78, 5) is 16.6. The molecule has 0 atom stereocenters. The van der Waals surface area contributed by atoms with Crippen LogP contribution in [0.4, 0.5) is 10.9 Å². The number of nitrogen functional groups attached to an aromatic ring is 1. The first-order chi connectivity index (χ1) is 7.95. The fraction of sp³-hybridized carbons (Fsp3) is 0.636. The number of rotatable bonds is 5. The summed E-state index contributed by atoms with van der Waals surface area (Å²) < 4.78 is 0. The summed E-state index contributed by atoms with van der Waals surface area (Å²) in [6.45, 7) is 6.14. The number of carbonyl (C=O) groups is 1. The minimum Gasteiger partial charge on any atom is -0.382 e. The molecular formula is C11H20N4OS. The van der Waals surface area contributed by atoms with Gasteiger partial charge < -0.3 is 16.4 Å². The van der Waals surface area contributed by atoms with Gasteiger partial charge in [0.05, 0.1) is 0 Å². The molecule has 1 aromatic rings. The average molecular weight is 256 g/mol. The number of nitrogens with two attached hydrogens (primary N) is 1. The lowest BCUT2D eigenvalue weighted by Crippen LogP contribution is -2.44. The SMILES string of the molecule is CCC(C)(CC)NC(=O)c1sc(NC)nc1N. The quantitative estimate of drug-likeness (QED) is 0.753. The Morgan fingerprint density at radius 2 is 2.06 bits per heavy atom. The molecule has 6 heteroatoms. The van der Waals surface area contributed by atoms with Gasteiger partial charge in [-0.15, -0.1) is 0 Å². The number of hydrogen-bond acceptors (Lipinski definition) is 5. The van der Waals surface area contributed by atoms with Gasteiger partial charge >= 0.3 is 0 Å². The lowest BCUT2D eigenvalue weighted by atomic mass is 9.95. The molecule has 0 unspecified atom stereocenters. The van der Waals surface area contributed by atoms with Crippen molar-refractivity contribution >= 4 is 28.2 Å². The molecule has 1 heterocycles. The van der Waals surface area contributed by atoms with E-state index < -0.39 is 0 Å². The molecular weight excluding hydrogens is 236 g/mol. The molecule has 0 aromatic carbocycles. The first kappa shape index (κ1) is 13.8. The highest BCUT2D eigenvalue weighted by molar-refractivity contribution is 7.18. The first-order valence-corrected chi connectivity index (χ1v) is 6.54. The Morgan fingerprint density at radius 1 is 1.47 bits per heavy atom. The molecule has 0 spiro atoms. The Labute approximate surface area is 106 Å². The predicted octanol–water partition coefficient (Wildman–Crippen LogP) is 2.08. The van der Waals surface area contributed by atoms with Crippen LogP contribution in [-0.2, 0) is 0 Å². The topological polar surface area (TPSA) is 80.0 Å². The van der Waals surface area contributed by atoms with Crippen LogP contribution in [0, 0.1) is 0 Å². The second kappa shape index (κ2) is 5.35. The summed E-state index contributed by atoms with van der Waals surface area (Å²) in [5, 5.41) is 6.55. The normalized spacial score (nSPS) is 11.3. The molecule has 17 heavy (non-hydrogen) atoms. The minimum atomic E-state index is -0.187. The summed E-state index contributed by atoms with van der Waals surface area (Å²) in [7, 11) is 1.75. The molecule has 0 aliphatic heterocycles. The molecule has 1 rings (SSSR count). The van der Waals surface area contributed by atoms with E-state index >= 15 is 0 Å². The van der Waals surface area contributed by atoms with Crippen LogP contribution in [-0.4, -0.2) is 23.5 Å². The van der Waals surface area contributed by atoms with Crippen molar-refractivity contribution in [2.75, 3.05) is 18.1 Å². The van der Waals surface area contributed by atoms with Gasteiger partial charge in [-0.1, -0.05) is 25.2 Å². The maximum Gasteiger partial charge on any atom is 0.265 e. The van der Waals surface area contributed by atoms with Gasteiger partial charge in [0.2, 0.25) is 0 Å². The molecule has 5 nitrogen and oxygen atoms in total. The highest BCUT2D eigenvalue weighted by Gasteiger charge is 2.25. The fourth-order valence-electron chi connectivity index (χ4n) is 1.36. The van der Waals surface area contributed by atoms with Crippen LogP contribution in [0.5, 0.6) is 0 Å². The maximum atomic E-state index is 12.1. The third-order valence-electron chi connectivity index (χ3n) is 3.05. The summed E-state index contributed by atoms with van der Waals surface area (Å²) in [5.74, 6) is 0.138.